The molecule has 3 atom stereocenters. The molecular weight excluding hydrogens is 548 g/mol. The number of carboxylic acids is 1. The number of amides is 1. The Hall–Kier alpha value is -3.28. The summed E-state index contributed by atoms with van der Waals surface area (Å²) in [6, 6.07) is 23.6. The fourth-order valence-electron chi connectivity index (χ4n) is 4.40. The normalized spacial score (nSPS) is 19.0. The highest BCUT2D eigenvalue weighted by molar-refractivity contribution is 8.01. The molecule has 0 radical (unpaired) electrons. The Morgan fingerprint density at radius 2 is 1.68 bits per heavy atom. The van der Waals surface area contributed by atoms with Gasteiger partial charge in [-0.15, -0.1) is 11.3 Å². The van der Waals surface area contributed by atoms with E-state index in [1.807, 2.05) is 66.7 Å². The number of carbonyl (C=O) groups is 2. The van der Waals surface area contributed by atoms with Gasteiger partial charge in [0.15, 0.2) is 10.6 Å². The molecule has 208 valence electrons. The lowest BCUT2D eigenvalue weighted by Gasteiger charge is -2.36. The number of carboxylic acid groups (broad SMARTS) is 1. The molecule has 2 heterocycles. The van der Waals surface area contributed by atoms with E-state index >= 15 is 0 Å². The molecule has 1 aliphatic heterocycles. The van der Waals surface area contributed by atoms with Crippen LogP contribution in [0.5, 0.6) is 0 Å². The lowest BCUT2D eigenvalue weighted by molar-refractivity contribution is -0.245. The molecule has 0 spiro atoms. The van der Waals surface area contributed by atoms with Crippen LogP contribution >= 0.6 is 23.1 Å². The van der Waals surface area contributed by atoms with Crippen molar-refractivity contribution >= 4 is 45.2 Å². The molecule has 1 fully saturated rings. The number of benzene rings is 3. The fourth-order valence-corrected chi connectivity index (χ4v) is 6.51. The van der Waals surface area contributed by atoms with E-state index in [1.165, 1.54) is 0 Å². The van der Waals surface area contributed by atoms with E-state index in [1.54, 1.807) is 23.1 Å². The molecule has 5 rings (SSSR count). The smallest absolute Gasteiger partial charge is 0.303 e. The minimum atomic E-state index is -0.994. The van der Waals surface area contributed by atoms with Crippen LogP contribution in [0.4, 0.5) is 0 Å². The highest BCUT2D eigenvalue weighted by Crippen LogP contribution is 2.40. The molecule has 1 saturated heterocycles. The predicted molar refractivity (Wildman–Crippen MR) is 154 cm³/mol. The summed E-state index contributed by atoms with van der Waals surface area (Å²) in [5.41, 5.74) is 4.64. The highest BCUT2D eigenvalue weighted by atomic mass is 32.2. The highest BCUT2D eigenvalue weighted by Gasteiger charge is 2.32. The summed E-state index contributed by atoms with van der Waals surface area (Å²) in [5.74, 6) is -0.564. The Morgan fingerprint density at radius 1 is 0.950 bits per heavy atom. The quantitative estimate of drug-likeness (QED) is 0.197. The first-order valence-corrected chi connectivity index (χ1v) is 14.8. The fraction of sp³-hybridized carbons (Fsp3) is 0.300. The van der Waals surface area contributed by atoms with Crippen LogP contribution in [0.1, 0.15) is 53.9 Å². The average molecular weight is 579 g/mol. The largest absolute Gasteiger partial charge is 0.481 e. The van der Waals surface area contributed by atoms with Gasteiger partial charge in [0.1, 0.15) is 0 Å². The minimum absolute atomic E-state index is 0.00860. The molecule has 3 N–H and O–H groups in total. The Morgan fingerprint density at radius 3 is 2.40 bits per heavy atom. The van der Waals surface area contributed by atoms with E-state index in [4.69, 9.17) is 19.6 Å². The Balaban J connectivity index is 1.27. The van der Waals surface area contributed by atoms with Crippen LogP contribution in [0.3, 0.4) is 0 Å². The number of hydrogen-bond donors (Lipinski definition) is 3. The van der Waals surface area contributed by atoms with Gasteiger partial charge in [0.25, 0.3) is 0 Å². The van der Waals surface area contributed by atoms with E-state index in [9.17, 15) is 14.7 Å². The van der Waals surface area contributed by atoms with Crippen molar-refractivity contribution in [2.45, 2.75) is 55.3 Å². The molecule has 1 aliphatic rings. The molecule has 4 aromatic rings. The van der Waals surface area contributed by atoms with Gasteiger partial charge >= 0.3 is 5.97 Å². The lowest BCUT2D eigenvalue weighted by atomic mass is 10.0. The summed E-state index contributed by atoms with van der Waals surface area (Å²) in [5, 5.41) is 20.9. The molecular formula is C30H30N2O6S2. The zero-order valence-corrected chi connectivity index (χ0v) is 23.3. The summed E-state index contributed by atoms with van der Waals surface area (Å²) >= 11 is 3.37. The van der Waals surface area contributed by atoms with Crippen LogP contribution in [-0.4, -0.2) is 38.9 Å². The molecule has 8 nitrogen and oxygen atoms in total. The van der Waals surface area contributed by atoms with Gasteiger partial charge in [-0.05, 0) is 28.8 Å². The summed E-state index contributed by atoms with van der Waals surface area (Å²) in [4.78, 5) is 27.3. The van der Waals surface area contributed by atoms with Gasteiger partial charge < -0.3 is 25.0 Å². The molecule has 1 aromatic heterocycles. The molecule has 0 bridgehead atoms. The number of hydrogen-bond acceptors (Lipinski definition) is 8. The van der Waals surface area contributed by atoms with Gasteiger partial charge in [0.2, 0.25) is 5.91 Å². The number of aliphatic carboxylic acids is 1. The maximum atomic E-state index is 11.9. The second-order valence-corrected chi connectivity index (χ2v) is 11.8. The summed E-state index contributed by atoms with van der Waals surface area (Å²) in [7, 11) is 0. The number of aliphatic hydroxyl groups excluding tert-OH is 1. The molecule has 3 aromatic carbocycles. The molecule has 3 unspecified atom stereocenters. The van der Waals surface area contributed by atoms with E-state index in [0.717, 1.165) is 42.6 Å². The van der Waals surface area contributed by atoms with Crippen LogP contribution in [0.2, 0.25) is 0 Å². The zero-order valence-electron chi connectivity index (χ0n) is 21.7. The van der Waals surface area contributed by atoms with Gasteiger partial charge in [-0.3, -0.25) is 9.59 Å². The van der Waals surface area contributed by atoms with Crippen molar-refractivity contribution in [3.8, 4) is 0 Å². The second-order valence-electron chi connectivity index (χ2n) is 9.52. The van der Waals surface area contributed by atoms with Crippen molar-refractivity contribution in [1.82, 2.24) is 10.3 Å². The summed E-state index contributed by atoms with van der Waals surface area (Å²) < 4.78 is 15.0. The number of nitrogens with zero attached hydrogens (tertiary/aromatic N) is 1. The monoisotopic (exact) mass is 578 g/mol. The molecule has 0 saturated carbocycles. The first kappa shape index (κ1) is 28.3. The topological polar surface area (TPSA) is 118 Å². The SMILES string of the molecule is O=C(O)CCC(=O)NCc1ccc(C2OC(CSc3nc4ccccc4s3)CC(c3ccc(CO)cc3)O2)cc1. The molecule has 10 heteroatoms. The number of aliphatic hydroxyl groups is 1. The maximum absolute atomic E-state index is 11.9. The summed E-state index contributed by atoms with van der Waals surface area (Å²) in [6.45, 7) is 0.303. The third-order valence-corrected chi connectivity index (χ3v) is 8.90. The number of aromatic nitrogens is 1. The second kappa shape index (κ2) is 13.4. The number of rotatable bonds is 11. The number of carbonyl (C=O) groups excluding carboxylic acids is 1. The third-order valence-electron chi connectivity index (χ3n) is 6.59. The minimum Gasteiger partial charge on any atom is -0.481 e. The van der Waals surface area contributed by atoms with Crippen molar-refractivity contribution in [2.75, 3.05) is 5.75 Å². The van der Waals surface area contributed by atoms with Crippen molar-refractivity contribution < 1.29 is 29.3 Å². The first-order valence-electron chi connectivity index (χ1n) is 13.0. The van der Waals surface area contributed by atoms with Crippen molar-refractivity contribution in [1.29, 1.82) is 0 Å². The van der Waals surface area contributed by atoms with Crippen molar-refractivity contribution in [3.05, 3.63) is 95.1 Å². The van der Waals surface area contributed by atoms with Crippen LogP contribution in [0.25, 0.3) is 10.2 Å². The van der Waals surface area contributed by atoms with Crippen molar-refractivity contribution in [2.24, 2.45) is 0 Å². The maximum Gasteiger partial charge on any atom is 0.303 e. The molecule has 1 amide bonds. The number of fused-ring (bicyclic) bond motifs is 1. The standard InChI is InChI=1S/C30H30N2O6S2/c33-17-20-7-9-21(10-8-20)25-15-23(18-39-30-32-24-3-1-2-4-26(24)40-30)37-29(38-25)22-11-5-19(6-12-22)16-31-27(34)13-14-28(35)36/h1-12,23,25,29,33H,13-18H2,(H,31,34)(H,35,36). The van der Waals surface area contributed by atoms with Crippen LogP contribution < -0.4 is 5.32 Å². The Kier molecular flexibility index (Phi) is 9.45. The number of para-hydroxylation sites is 1. The molecule has 0 aliphatic carbocycles. The molecule has 40 heavy (non-hydrogen) atoms. The van der Waals surface area contributed by atoms with Crippen LogP contribution in [0.15, 0.2) is 77.1 Å². The zero-order chi connectivity index (χ0) is 27.9. The summed E-state index contributed by atoms with van der Waals surface area (Å²) in [6.07, 6.45) is -0.381. The van der Waals surface area contributed by atoms with Crippen LogP contribution in [0, 0.1) is 0 Å². The van der Waals surface area contributed by atoms with Gasteiger partial charge in [-0.2, -0.15) is 0 Å². The third kappa shape index (κ3) is 7.47. The number of thioether (sulfide) groups is 1. The average Bonchev–Trinajstić information content (AvgIpc) is 3.41. The van der Waals surface area contributed by atoms with Crippen LogP contribution in [-0.2, 0) is 32.2 Å². The van der Waals surface area contributed by atoms with Gasteiger partial charge in [-0.25, -0.2) is 4.98 Å². The lowest BCUT2D eigenvalue weighted by Crippen LogP contribution is -2.31. The van der Waals surface area contributed by atoms with E-state index in [2.05, 4.69) is 11.4 Å². The predicted octanol–water partition coefficient (Wildman–Crippen LogP) is 5.61. The van der Waals surface area contributed by atoms with Gasteiger partial charge in [0, 0.05) is 30.7 Å². The first-order chi connectivity index (χ1) is 19.5. The van der Waals surface area contributed by atoms with E-state index in [-0.39, 0.29) is 37.6 Å². The Bertz CT molecular complexity index is 1410. The van der Waals surface area contributed by atoms with Gasteiger partial charge in [0.05, 0.1) is 35.5 Å². The van der Waals surface area contributed by atoms with Crippen molar-refractivity contribution in [3.63, 3.8) is 0 Å². The van der Waals surface area contributed by atoms with E-state index < -0.39 is 12.3 Å². The number of thiazole rings is 1. The van der Waals surface area contributed by atoms with E-state index in [0.29, 0.717) is 13.0 Å². The Labute approximate surface area is 240 Å². The number of ether oxygens (including phenoxy) is 2. The number of nitrogens with one attached hydrogen (secondary N) is 1. The van der Waals surface area contributed by atoms with Gasteiger partial charge in [-0.1, -0.05) is 72.4 Å².